The van der Waals surface area contributed by atoms with Gasteiger partial charge in [0.2, 0.25) is 5.95 Å². The zero-order valence-corrected chi connectivity index (χ0v) is 12.8. The molecular weight excluding hydrogens is 324 g/mol. The van der Waals surface area contributed by atoms with Crippen LogP contribution in [-0.4, -0.2) is 48.3 Å². The Hall–Kier alpha value is -1.28. The summed E-state index contributed by atoms with van der Waals surface area (Å²) in [5.74, 6) is -0.495. The van der Waals surface area contributed by atoms with E-state index in [-0.39, 0.29) is 23.3 Å². The van der Waals surface area contributed by atoms with Gasteiger partial charge >= 0.3 is 6.18 Å². The second-order valence-electron chi connectivity index (χ2n) is 5.38. The van der Waals surface area contributed by atoms with E-state index in [1.54, 1.807) is 4.90 Å². The number of halogens is 5. The first kappa shape index (κ1) is 17.1. The predicted octanol–water partition coefficient (Wildman–Crippen LogP) is 2.92. The minimum Gasteiger partial charge on any atom is -0.397 e. The highest BCUT2D eigenvalue weighted by Gasteiger charge is 2.31. The molecular formula is C13H17ClF4N4. The Labute approximate surface area is 130 Å². The Bertz CT molecular complexity index is 514. The van der Waals surface area contributed by atoms with Crippen LogP contribution in [0.2, 0.25) is 5.02 Å². The van der Waals surface area contributed by atoms with E-state index in [0.717, 1.165) is 0 Å². The van der Waals surface area contributed by atoms with Crippen LogP contribution in [0.5, 0.6) is 0 Å². The molecule has 9 heteroatoms. The summed E-state index contributed by atoms with van der Waals surface area (Å²) in [6.07, 6.45) is -4.99. The minimum atomic E-state index is -4.16. The Morgan fingerprint density at radius 3 is 2.64 bits per heavy atom. The lowest BCUT2D eigenvalue weighted by Crippen LogP contribution is -2.52. The molecule has 1 atom stereocenters. The predicted molar refractivity (Wildman–Crippen MR) is 77.5 cm³/mol. The highest BCUT2D eigenvalue weighted by atomic mass is 35.5. The van der Waals surface area contributed by atoms with Gasteiger partial charge in [-0.3, -0.25) is 4.90 Å². The number of alkyl halides is 3. The molecule has 0 bridgehead atoms. The van der Waals surface area contributed by atoms with Crippen molar-refractivity contribution in [3.8, 4) is 0 Å². The van der Waals surface area contributed by atoms with Gasteiger partial charge in [0.25, 0.3) is 0 Å². The van der Waals surface area contributed by atoms with Crippen LogP contribution in [-0.2, 0) is 0 Å². The molecule has 1 fully saturated rings. The molecule has 0 saturated carbocycles. The van der Waals surface area contributed by atoms with Crippen LogP contribution in [0.15, 0.2) is 6.07 Å². The number of hydrogen-bond donors (Lipinski definition) is 1. The third-order valence-corrected chi connectivity index (χ3v) is 4.02. The lowest BCUT2D eigenvalue weighted by Gasteiger charge is -2.40. The average Bonchev–Trinajstić information content (AvgIpc) is 2.41. The summed E-state index contributed by atoms with van der Waals surface area (Å²) in [7, 11) is 0. The maximum Gasteiger partial charge on any atom is 0.390 e. The van der Waals surface area contributed by atoms with Crippen molar-refractivity contribution in [2.24, 2.45) is 0 Å². The Balaban J connectivity index is 2.02. The first-order chi connectivity index (χ1) is 10.2. The molecule has 1 aromatic rings. The van der Waals surface area contributed by atoms with Crippen molar-refractivity contribution in [1.29, 1.82) is 0 Å². The number of piperazine rings is 1. The maximum absolute atomic E-state index is 13.6. The summed E-state index contributed by atoms with van der Waals surface area (Å²) in [5, 5.41) is -0.222. The van der Waals surface area contributed by atoms with Crippen LogP contribution in [0.4, 0.5) is 29.1 Å². The van der Waals surface area contributed by atoms with Crippen LogP contribution in [0.25, 0.3) is 0 Å². The Morgan fingerprint density at radius 1 is 1.41 bits per heavy atom. The van der Waals surface area contributed by atoms with Gasteiger partial charge in [-0.05, 0) is 6.92 Å². The van der Waals surface area contributed by atoms with Crippen molar-refractivity contribution >= 4 is 23.1 Å². The number of nitrogens with zero attached hydrogens (tertiary/aromatic N) is 3. The van der Waals surface area contributed by atoms with Crippen molar-refractivity contribution in [3.63, 3.8) is 0 Å². The normalized spacial score (nSPS) is 20.5. The van der Waals surface area contributed by atoms with E-state index in [0.29, 0.717) is 25.5 Å². The summed E-state index contributed by atoms with van der Waals surface area (Å²) in [4.78, 5) is 7.33. The smallest absolute Gasteiger partial charge is 0.390 e. The summed E-state index contributed by atoms with van der Waals surface area (Å²) < 4.78 is 50.3. The van der Waals surface area contributed by atoms with Gasteiger partial charge in [-0.1, -0.05) is 11.6 Å². The lowest BCUT2D eigenvalue weighted by molar-refractivity contribution is -0.138. The van der Waals surface area contributed by atoms with Crippen molar-refractivity contribution in [2.75, 3.05) is 36.8 Å². The fourth-order valence-electron chi connectivity index (χ4n) is 2.51. The summed E-state index contributed by atoms with van der Waals surface area (Å²) in [6.45, 7) is 3.16. The quantitative estimate of drug-likeness (QED) is 0.679. The summed E-state index contributed by atoms with van der Waals surface area (Å²) in [5.41, 5.74) is 5.72. The number of nitrogens with two attached hydrogens (primary N) is 1. The number of anilines is 2. The monoisotopic (exact) mass is 340 g/mol. The molecule has 124 valence electrons. The van der Waals surface area contributed by atoms with Crippen LogP contribution in [0, 0.1) is 5.95 Å². The van der Waals surface area contributed by atoms with Crippen LogP contribution in [0.3, 0.4) is 0 Å². The van der Waals surface area contributed by atoms with Crippen molar-refractivity contribution in [1.82, 2.24) is 9.88 Å². The highest BCUT2D eigenvalue weighted by molar-refractivity contribution is 6.33. The van der Waals surface area contributed by atoms with Crippen molar-refractivity contribution in [3.05, 3.63) is 17.0 Å². The summed E-state index contributed by atoms with van der Waals surface area (Å²) in [6, 6.07) is 1.38. The summed E-state index contributed by atoms with van der Waals surface area (Å²) >= 11 is 5.64. The van der Waals surface area contributed by atoms with E-state index in [9.17, 15) is 17.6 Å². The molecule has 0 aromatic carbocycles. The van der Waals surface area contributed by atoms with E-state index in [1.165, 1.54) is 6.07 Å². The molecule has 22 heavy (non-hydrogen) atoms. The molecule has 0 aliphatic carbocycles. The topological polar surface area (TPSA) is 45.4 Å². The molecule has 1 unspecified atom stereocenters. The van der Waals surface area contributed by atoms with Gasteiger partial charge in [0.15, 0.2) is 0 Å². The number of pyridine rings is 1. The fourth-order valence-corrected chi connectivity index (χ4v) is 2.61. The third kappa shape index (κ3) is 4.13. The van der Waals surface area contributed by atoms with Gasteiger partial charge < -0.3 is 10.6 Å². The van der Waals surface area contributed by atoms with E-state index in [4.69, 9.17) is 17.3 Å². The molecule has 0 radical (unpaired) electrons. The second kappa shape index (κ2) is 6.45. The SMILES string of the molecule is CC1CN(CCC(F)(F)F)CCN1c1cc(N)c(Cl)c(F)n1. The zero-order chi connectivity index (χ0) is 16.5. The van der Waals surface area contributed by atoms with Gasteiger partial charge in [-0.2, -0.15) is 17.6 Å². The second-order valence-corrected chi connectivity index (χ2v) is 5.76. The Kier molecular flexibility index (Phi) is 5.01. The minimum absolute atomic E-state index is 0.0355. The molecule has 1 aliphatic heterocycles. The number of hydrogen-bond acceptors (Lipinski definition) is 4. The van der Waals surface area contributed by atoms with Crippen LogP contribution in [0.1, 0.15) is 13.3 Å². The average molecular weight is 341 g/mol. The molecule has 2 N–H and O–H groups in total. The van der Waals surface area contributed by atoms with Gasteiger partial charge in [0, 0.05) is 38.3 Å². The molecule has 0 spiro atoms. The number of rotatable bonds is 3. The number of nitrogen functional groups attached to an aromatic ring is 1. The first-order valence-corrected chi connectivity index (χ1v) is 7.22. The van der Waals surface area contributed by atoms with Gasteiger partial charge in [-0.15, -0.1) is 0 Å². The van der Waals surface area contributed by atoms with E-state index in [2.05, 4.69) is 4.98 Å². The molecule has 2 rings (SSSR count). The van der Waals surface area contributed by atoms with Gasteiger partial charge in [0.05, 0.1) is 12.1 Å². The van der Waals surface area contributed by atoms with Crippen LogP contribution >= 0.6 is 11.6 Å². The molecule has 4 nitrogen and oxygen atoms in total. The maximum atomic E-state index is 13.6. The van der Waals surface area contributed by atoms with E-state index in [1.807, 2.05) is 11.8 Å². The fraction of sp³-hybridized carbons (Fsp3) is 0.615. The highest BCUT2D eigenvalue weighted by Crippen LogP contribution is 2.28. The third-order valence-electron chi connectivity index (χ3n) is 3.65. The van der Waals surface area contributed by atoms with E-state index >= 15 is 0 Å². The molecule has 1 aromatic heterocycles. The van der Waals surface area contributed by atoms with Gasteiger partial charge in [-0.25, -0.2) is 4.98 Å². The van der Waals surface area contributed by atoms with Crippen molar-refractivity contribution in [2.45, 2.75) is 25.6 Å². The number of aromatic nitrogens is 1. The Morgan fingerprint density at radius 2 is 2.09 bits per heavy atom. The van der Waals surface area contributed by atoms with E-state index < -0.39 is 18.5 Å². The lowest BCUT2D eigenvalue weighted by atomic mass is 10.1. The van der Waals surface area contributed by atoms with Crippen molar-refractivity contribution < 1.29 is 17.6 Å². The zero-order valence-electron chi connectivity index (χ0n) is 12.0. The first-order valence-electron chi connectivity index (χ1n) is 6.84. The van der Waals surface area contributed by atoms with Gasteiger partial charge in [0.1, 0.15) is 10.8 Å². The molecule has 1 saturated heterocycles. The largest absolute Gasteiger partial charge is 0.397 e. The molecule has 2 heterocycles. The molecule has 1 aliphatic rings. The standard InChI is InChI=1S/C13H17ClF4N4/c1-8-7-21(3-2-13(16,17)18)4-5-22(8)10-6-9(19)11(14)12(15)20-10/h6,8H,2-5,7H2,1H3,(H2,19,20). The molecule has 0 amide bonds. The van der Waals surface area contributed by atoms with Crippen LogP contribution < -0.4 is 10.6 Å².